The van der Waals surface area contributed by atoms with Gasteiger partial charge in [0.2, 0.25) is 0 Å². The van der Waals surface area contributed by atoms with E-state index >= 15 is 0 Å². The molecule has 0 saturated heterocycles. The van der Waals surface area contributed by atoms with Crippen LogP contribution in [0.1, 0.15) is 40.2 Å². The van der Waals surface area contributed by atoms with Crippen molar-refractivity contribution in [1.29, 1.82) is 0 Å². The number of carboxylic acid groups (broad SMARTS) is 1. The fourth-order valence-electron chi connectivity index (χ4n) is 1.64. The fourth-order valence-corrected chi connectivity index (χ4v) is 1.64. The Labute approximate surface area is 123 Å². The van der Waals surface area contributed by atoms with E-state index in [1.54, 1.807) is 20.8 Å². The van der Waals surface area contributed by atoms with Gasteiger partial charge in [-0.05, 0) is 46.8 Å². The molecule has 0 aromatic heterocycles. The molecule has 0 bridgehead atoms. The summed E-state index contributed by atoms with van der Waals surface area (Å²) in [5, 5.41) is 11.5. The van der Waals surface area contributed by atoms with Gasteiger partial charge in [0.1, 0.15) is 11.4 Å². The van der Waals surface area contributed by atoms with Gasteiger partial charge in [0.05, 0.1) is 5.41 Å². The van der Waals surface area contributed by atoms with Gasteiger partial charge in [0, 0.05) is 11.3 Å². The van der Waals surface area contributed by atoms with Crippen molar-refractivity contribution in [2.45, 2.75) is 45.6 Å². The smallest absolute Gasteiger partial charge is 0.412 e. The van der Waals surface area contributed by atoms with Crippen LogP contribution in [-0.4, -0.2) is 22.8 Å². The predicted octanol–water partition coefficient (Wildman–Crippen LogP) is 3.53. The van der Waals surface area contributed by atoms with Gasteiger partial charge < -0.3 is 9.84 Å². The first-order chi connectivity index (χ1) is 9.43. The van der Waals surface area contributed by atoms with E-state index in [4.69, 9.17) is 9.84 Å². The number of hydrogen-bond acceptors (Lipinski definition) is 3. The normalized spacial score (nSPS) is 11.9. The summed E-state index contributed by atoms with van der Waals surface area (Å²) in [7, 11) is 0. The van der Waals surface area contributed by atoms with Gasteiger partial charge in [-0.25, -0.2) is 9.18 Å². The largest absolute Gasteiger partial charge is 0.481 e. The number of hydrogen-bond donors (Lipinski definition) is 2. The number of aliphatic carboxylic acids is 1. The highest BCUT2D eigenvalue weighted by molar-refractivity contribution is 5.85. The molecule has 1 rings (SSSR count). The molecule has 1 aromatic rings. The number of carboxylic acids is 1. The number of carbonyl (C=O) groups excluding carboxylic acids is 1. The first kappa shape index (κ1) is 16.9. The summed E-state index contributed by atoms with van der Waals surface area (Å²) in [6.07, 6.45) is -0.702. The molecule has 116 valence electrons. The van der Waals surface area contributed by atoms with Crippen molar-refractivity contribution in [2.75, 3.05) is 5.32 Å². The van der Waals surface area contributed by atoms with Crippen molar-refractivity contribution >= 4 is 17.7 Å². The maximum Gasteiger partial charge on any atom is 0.412 e. The number of carbonyl (C=O) groups is 2. The molecule has 0 aliphatic carbocycles. The Hall–Kier alpha value is -2.11. The first-order valence-corrected chi connectivity index (χ1v) is 6.47. The summed E-state index contributed by atoms with van der Waals surface area (Å²) in [6.45, 7) is 7.96. The molecular weight excluding hydrogens is 277 g/mol. The third kappa shape index (κ3) is 4.44. The summed E-state index contributed by atoms with van der Waals surface area (Å²) in [5.41, 5.74) is -1.76. The van der Waals surface area contributed by atoms with Gasteiger partial charge in [-0.15, -0.1) is 0 Å². The highest BCUT2D eigenvalue weighted by Gasteiger charge is 2.32. The molecule has 0 aliphatic heterocycles. The van der Waals surface area contributed by atoms with Gasteiger partial charge in [-0.3, -0.25) is 10.1 Å². The first-order valence-electron chi connectivity index (χ1n) is 6.47. The molecule has 0 fully saturated rings. The van der Waals surface area contributed by atoms with E-state index < -0.39 is 28.9 Å². The van der Waals surface area contributed by atoms with E-state index in [0.717, 1.165) is 6.07 Å². The number of amides is 1. The van der Waals surface area contributed by atoms with E-state index in [1.165, 1.54) is 26.0 Å². The number of nitrogens with one attached hydrogen (secondary N) is 1. The molecule has 1 aromatic carbocycles. The monoisotopic (exact) mass is 297 g/mol. The maximum absolute atomic E-state index is 14.0. The third-order valence-electron chi connectivity index (χ3n) is 2.82. The minimum atomic E-state index is -1.35. The summed E-state index contributed by atoms with van der Waals surface area (Å²) >= 11 is 0. The van der Waals surface area contributed by atoms with Crippen LogP contribution in [0.25, 0.3) is 0 Å². The molecular formula is C15H20FNO4. The lowest BCUT2D eigenvalue weighted by atomic mass is 9.84. The minimum absolute atomic E-state index is 0.0461. The SMILES string of the molecule is CC(C)(C)OC(=O)Nc1ccc(C(C)(C)C(=O)O)c(F)c1. The maximum atomic E-state index is 14.0. The molecule has 1 amide bonds. The highest BCUT2D eigenvalue weighted by Crippen LogP contribution is 2.28. The van der Waals surface area contributed by atoms with Crippen molar-refractivity contribution in [3.63, 3.8) is 0 Å². The van der Waals surface area contributed by atoms with Crippen molar-refractivity contribution < 1.29 is 23.8 Å². The Morgan fingerprint density at radius 2 is 1.76 bits per heavy atom. The molecule has 2 N–H and O–H groups in total. The third-order valence-corrected chi connectivity index (χ3v) is 2.82. The van der Waals surface area contributed by atoms with Crippen LogP contribution in [0.2, 0.25) is 0 Å². The number of benzene rings is 1. The average molecular weight is 297 g/mol. The average Bonchev–Trinajstić information content (AvgIpc) is 2.25. The number of halogens is 1. The molecule has 6 heteroatoms. The zero-order chi connectivity index (χ0) is 16.4. The molecule has 0 atom stereocenters. The standard InChI is InChI=1S/C15H20FNO4/c1-14(2,3)21-13(20)17-9-6-7-10(11(16)8-9)15(4,5)12(18)19/h6-8H,1-5H3,(H,17,20)(H,18,19). The molecule has 0 unspecified atom stereocenters. The van der Waals surface area contributed by atoms with Crippen LogP contribution in [0, 0.1) is 5.82 Å². The van der Waals surface area contributed by atoms with Gasteiger partial charge in [-0.2, -0.15) is 0 Å². The van der Waals surface area contributed by atoms with E-state index in [1.807, 2.05) is 0 Å². The van der Waals surface area contributed by atoms with Gasteiger partial charge >= 0.3 is 12.1 Å². The Morgan fingerprint density at radius 3 is 2.19 bits per heavy atom. The minimum Gasteiger partial charge on any atom is -0.481 e. The Morgan fingerprint density at radius 1 is 1.19 bits per heavy atom. The second-order valence-electron chi connectivity index (χ2n) is 6.25. The van der Waals surface area contributed by atoms with Crippen LogP contribution in [0.4, 0.5) is 14.9 Å². The van der Waals surface area contributed by atoms with Gasteiger partial charge in [-0.1, -0.05) is 6.07 Å². The Bertz CT molecular complexity index is 561. The quantitative estimate of drug-likeness (QED) is 0.894. The van der Waals surface area contributed by atoms with Gasteiger partial charge in [0.25, 0.3) is 0 Å². The van der Waals surface area contributed by atoms with Crippen LogP contribution in [0.5, 0.6) is 0 Å². The van der Waals surface area contributed by atoms with Crippen LogP contribution in [0.3, 0.4) is 0 Å². The van der Waals surface area contributed by atoms with E-state index in [2.05, 4.69) is 5.32 Å². The molecule has 0 aliphatic rings. The van der Waals surface area contributed by atoms with Crippen LogP contribution < -0.4 is 5.32 Å². The van der Waals surface area contributed by atoms with E-state index in [-0.39, 0.29) is 11.3 Å². The molecule has 21 heavy (non-hydrogen) atoms. The van der Waals surface area contributed by atoms with Crippen LogP contribution in [0.15, 0.2) is 18.2 Å². The van der Waals surface area contributed by atoms with Crippen molar-refractivity contribution in [3.05, 3.63) is 29.6 Å². The number of ether oxygens (including phenoxy) is 1. The second kappa shape index (κ2) is 5.71. The molecule has 0 radical (unpaired) electrons. The lowest BCUT2D eigenvalue weighted by molar-refractivity contribution is -0.142. The Balaban J connectivity index is 2.94. The fraction of sp³-hybridized carbons (Fsp3) is 0.467. The zero-order valence-corrected chi connectivity index (χ0v) is 12.8. The highest BCUT2D eigenvalue weighted by atomic mass is 19.1. The summed E-state index contributed by atoms with van der Waals surface area (Å²) in [5.74, 6) is -1.83. The summed E-state index contributed by atoms with van der Waals surface area (Å²) < 4.78 is 19.1. The Kier molecular flexibility index (Phi) is 4.61. The van der Waals surface area contributed by atoms with Gasteiger partial charge in [0.15, 0.2) is 0 Å². The van der Waals surface area contributed by atoms with Crippen molar-refractivity contribution in [3.8, 4) is 0 Å². The topological polar surface area (TPSA) is 75.6 Å². The zero-order valence-electron chi connectivity index (χ0n) is 12.8. The lowest BCUT2D eigenvalue weighted by Crippen LogP contribution is -2.30. The van der Waals surface area contributed by atoms with Crippen LogP contribution >= 0.6 is 0 Å². The van der Waals surface area contributed by atoms with E-state index in [9.17, 15) is 14.0 Å². The molecule has 0 saturated carbocycles. The molecule has 5 nitrogen and oxygen atoms in total. The summed E-state index contributed by atoms with van der Waals surface area (Å²) in [6, 6.07) is 3.85. The predicted molar refractivity (Wildman–Crippen MR) is 76.9 cm³/mol. The van der Waals surface area contributed by atoms with Crippen molar-refractivity contribution in [1.82, 2.24) is 0 Å². The summed E-state index contributed by atoms with van der Waals surface area (Å²) in [4.78, 5) is 22.7. The molecule has 0 heterocycles. The second-order valence-corrected chi connectivity index (χ2v) is 6.25. The molecule has 0 spiro atoms. The lowest BCUT2D eigenvalue weighted by Gasteiger charge is -2.22. The number of rotatable bonds is 3. The van der Waals surface area contributed by atoms with Crippen molar-refractivity contribution in [2.24, 2.45) is 0 Å². The van der Waals surface area contributed by atoms with E-state index in [0.29, 0.717) is 0 Å². The van der Waals surface area contributed by atoms with Crippen LogP contribution in [-0.2, 0) is 14.9 Å². The number of anilines is 1.